The molecule has 1 N–H and O–H groups in total. The van der Waals surface area contributed by atoms with Crippen molar-refractivity contribution in [3.05, 3.63) is 59.2 Å². The fourth-order valence-corrected chi connectivity index (χ4v) is 3.87. The predicted octanol–water partition coefficient (Wildman–Crippen LogP) is 4.74. The van der Waals surface area contributed by atoms with Crippen LogP contribution < -0.4 is 4.74 Å². The summed E-state index contributed by atoms with van der Waals surface area (Å²) in [7, 11) is 0. The number of rotatable bonds is 15. The molecule has 182 valence electrons. The Kier molecular flexibility index (Phi) is 10.0. The lowest BCUT2D eigenvalue weighted by Crippen LogP contribution is -2.04. The molecule has 0 atom stereocenters. The Morgan fingerprint density at radius 3 is 2.68 bits per heavy atom. The number of ketones is 1. The van der Waals surface area contributed by atoms with Gasteiger partial charge in [0, 0.05) is 24.4 Å². The maximum atomic E-state index is 11.7. The molecule has 3 rings (SSSR count). The quantitative estimate of drug-likeness (QED) is 0.255. The van der Waals surface area contributed by atoms with Gasteiger partial charge in [-0.3, -0.25) is 9.78 Å². The zero-order chi connectivity index (χ0) is 24.2. The Labute approximate surface area is 201 Å². The van der Waals surface area contributed by atoms with E-state index < -0.39 is 0 Å². The molecular weight excluding hydrogens is 430 g/mol. The summed E-state index contributed by atoms with van der Waals surface area (Å²) in [5, 5.41) is 23.2. The number of ether oxygens (including phenoxy) is 1. The van der Waals surface area contributed by atoms with E-state index in [4.69, 9.17) is 4.74 Å². The second-order valence-electron chi connectivity index (χ2n) is 8.52. The third-order valence-electron chi connectivity index (χ3n) is 5.71. The molecule has 0 radical (unpaired) electrons. The molecule has 0 aliphatic rings. The summed E-state index contributed by atoms with van der Waals surface area (Å²) in [6.45, 7) is 4.84. The molecular formula is C26H35N5O3. The highest BCUT2D eigenvalue weighted by Crippen LogP contribution is 2.33. The zero-order valence-corrected chi connectivity index (χ0v) is 20.2. The van der Waals surface area contributed by atoms with Gasteiger partial charge in [-0.2, -0.15) is 4.80 Å². The van der Waals surface area contributed by atoms with Gasteiger partial charge in [0.15, 0.2) is 11.6 Å². The summed E-state index contributed by atoms with van der Waals surface area (Å²) in [6, 6.07) is 7.50. The van der Waals surface area contributed by atoms with Crippen molar-refractivity contribution < 1.29 is 14.6 Å². The van der Waals surface area contributed by atoms with Crippen molar-refractivity contribution in [2.75, 3.05) is 6.61 Å². The molecule has 0 aliphatic heterocycles. The Bertz CT molecular complexity index is 1040. The molecule has 0 fully saturated rings. The maximum Gasteiger partial charge on any atom is 0.174 e. The minimum atomic E-state index is -0.142. The summed E-state index contributed by atoms with van der Waals surface area (Å²) in [6.07, 6.45) is 12.0. The summed E-state index contributed by atoms with van der Waals surface area (Å²) >= 11 is 0. The Balaban J connectivity index is 1.33. The number of nitrogens with zero attached hydrogens (tertiary/aromatic N) is 5. The normalized spacial score (nSPS) is 11.0. The lowest BCUT2D eigenvalue weighted by molar-refractivity contribution is 0.101. The van der Waals surface area contributed by atoms with Crippen LogP contribution in [0.2, 0.25) is 0 Å². The van der Waals surface area contributed by atoms with Crippen LogP contribution in [0.15, 0.2) is 36.7 Å². The number of carbonyl (C=O) groups is 1. The van der Waals surface area contributed by atoms with Gasteiger partial charge in [0.2, 0.25) is 0 Å². The van der Waals surface area contributed by atoms with E-state index in [1.165, 1.54) is 12.5 Å². The third kappa shape index (κ3) is 7.64. The van der Waals surface area contributed by atoms with E-state index in [-0.39, 0.29) is 11.5 Å². The van der Waals surface area contributed by atoms with E-state index in [0.717, 1.165) is 69.3 Å². The van der Waals surface area contributed by atoms with Gasteiger partial charge in [-0.15, -0.1) is 10.2 Å². The third-order valence-corrected chi connectivity index (χ3v) is 5.71. The van der Waals surface area contributed by atoms with Gasteiger partial charge in [-0.05, 0) is 80.8 Å². The molecule has 0 spiro atoms. The molecule has 0 aliphatic carbocycles. The van der Waals surface area contributed by atoms with Gasteiger partial charge >= 0.3 is 0 Å². The molecule has 0 amide bonds. The van der Waals surface area contributed by atoms with E-state index in [2.05, 4.69) is 26.5 Å². The standard InChI is InChI=1S/C26H35N5O3/c1-3-10-23-24(15-14-22(20(2)32)26(23)33)34-18-8-4-5-13-25-28-30-31(29-25)17-7-6-11-21-12-9-16-27-19-21/h9,12,14-16,19,33H,3-8,10-11,13,17-18H2,1-2H3. The Morgan fingerprint density at radius 1 is 1.06 bits per heavy atom. The van der Waals surface area contributed by atoms with Crippen molar-refractivity contribution in [2.45, 2.75) is 78.2 Å². The highest BCUT2D eigenvalue weighted by atomic mass is 16.5. The van der Waals surface area contributed by atoms with E-state index in [1.54, 1.807) is 23.1 Å². The van der Waals surface area contributed by atoms with Crippen LogP contribution in [-0.2, 0) is 25.8 Å². The molecule has 0 bridgehead atoms. The molecule has 3 aromatic rings. The SMILES string of the molecule is CCCc1c(OCCCCCc2nnn(CCCCc3cccnc3)n2)ccc(C(C)=O)c1O. The summed E-state index contributed by atoms with van der Waals surface area (Å²) in [5.74, 6) is 1.36. The number of pyridine rings is 1. The highest BCUT2D eigenvalue weighted by Gasteiger charge is 2.15. The van der Waals surface area contributed by atoms with Gasteiger partial charge in [0.25, 0.3) is 0 Å². The minimum absolute atomic E-state index is 0.0538. The first kappa shape index (κ1) is 25.3. The van der Waals surface area contributed by atoms with E-state index in [9.17, 15) is 9.90 Å². The number of phenols is 1. The van der Waals surface area contributed by atoms with Gasteiger partial charge in [0.05, 0.1) is 18.7 Å². The van der Waals surface area contributed by atoms with Crippen LogP contribution in [0, 0.1) is 0 Å². The summed E-state index contributed by atoms with van der Waals surface area (Å²) < 4.78 is 5.93. The first-order chi connectivity index (χ1) is 16.6. The number of tetrazole rings is 1. The minimum Gasteiger partial charge on any atom is -0.507 e. The number of hydrogen-bond donors (Lipinski definition) is 1. The lowest BCUT2D eigenvalue weighted by Gasteiger charge is -2.14. The van der Waals surface area contributed by atoms with Crippen LogP contribution in [-0.4, -0.2) is 42.7 Å². The maximum absolute atomic E-state index is 11.7. The van der Waals surface area contributed by atoms with Crippen molar-refractivity contribution in [3.63, 3.8) is 0 Å². The first-order valence-electron chi connectivity index (χ1n) is 12.2. The number of aryl methyl sites for hydroxylation is 3. The molecule has 8 nitrogen and oxygen atoms in total. The molecule has 8 heteroatoms. The smallest absolute Gasteiger partial charge is 0.174 e. The number of aromatic nitrogens is 5. The van der Waals surface area contributed by atoms with E-state index in [1.807, 2.05) is 19.2 Å². The number of Topliss-reactive ketones (excluding diaryl/α,β-unsaturated/α-hetero) is 1. The van der Waals surface area contributed by atoms with Crippen molar-refractivity contribution in [3.8, 4) is 11.5 Å². The second kappa shape index (κ2) is 13.4. The van der Waals surface area contributed by atoms with E-state index >= 15 is 0 Å². The Hall–Kier alpha value is -3.29. The molecule has 2 heterocycles. The van der Waals surface area contributed by atoms with Gasteiger partial charge in [-0.1, -0.05) is 19.4 Å². The van der Waals surface area contributed by atoms with Gasteiger partial charge < -0.3 is 9.84 Å². The zero-order valence-electron chi connectivity index (χ0n) is 20.2. The fourth-order valence-electron chi connectivity index (χ4n) is 3.87. The highest BCUT2D eigenvalue weighted by molar-refractivity contribution is 5.97. The molecule has 0 saturated heterocycles. The first-order valence-corrected chi connectivity index (χ1v) is 12.2. The van der Waals surface area contributed by atoms with Crippen LogP contribution in [0.4, 0.5) is 0 Å². The topological polar surface area (TPSA) is 103 Å². The average Bonchev–Trinajstić information content (AvgIpc) is 3.29. The summed E-state index contributed by atoms with van der Waals surface area (Å²) in [4.78, 5) is 17.5. The van der Waals surface area contributed by atoms with Crippen LogP contribution in [0.1, 0.15) is 79.7 Å². The molecule has 0 unspecified atom stereocenters. The van der Waals surface area contributed by atoms with Gasteiger partial charge in [0.1, 0.15) is 11.5 Å². The largest absolute Gasteiger partial charge is 0.507 e. The predicted molar refractivity (Wildman–Crippen MR) is 130 cm³/mol. The molecule has 1 aromatic carbocycles. The van der Waals surface area contributed by atoms with Crippen molar-refractivity contribution in [1.82, 2.24) is 25.2 Å². The summed E-state index contributed by atoms with van der Waals surface area (Å²) in [5.41, 5.74) is 2.33. The number of phenolic OH excluding ortho intramolecular Hbond substituents is 1. The average molecular weight is 466 g/mol. The molecule has 34 heavy (non-hydrogen) atoms. The number of unbranched alkanes of at least 4 members (excludes halogenated alkanes) is 3. The van der Waals surface area contributed by atoms with Crippen LogP contribution in [0.5, 0.6) is 11.5 Å². The number of aromatic hydroxyl groups is 1. The lowest BCUT2D eigenvalue weighted by atomic mass is 10.0. The van der Waals surface area contributed by atoms with Crippen molar-refractivity contribution >= 4 is 5.78 Å². The molecule has 2 aromatic heterocycles. The van der Waals surface area contributed by atoms with Crippen LogP contribution in [0.25, 0.3) is 0 Å². The van der Waals surface area contributed by atoms with Gasteiger partial charge in [-0.25, -0.2) is 0 Å². The number of carbonyl (C=O) groups excluding carboxylic acids is 1. The number of hydrogen-bond acceptors (Lipinski definition) is 7. The van der Waals surface area contributed by atoms with Crippen LogP contribution >= 0.6 is 0 Å². The number of benzene rings is 1. The second-order valence-corrected chi connectivity index (χ2v) is 8.52. The molecule has 0 saturated carbocycles. The Morgan fingerprint density at radius 2 is 1.91 bits per heavy atom. The fraction of sp³-hybridized carbons (Fsp3) is 0.500. The van der Waals surface area contributed by atoms with Crippen molar-refractivity contribution in [2.24, 2.45) is 0 Å². The monoisotopic (exact) mass is 465 g/mol. The van der Waals surface area contributed by atoms with E-state index in [0.29, 0.717) is 24.3 Å². The van der Waals surface area contributed by atoms with Crippen molar-refractivity contribution in [1.29, 1.82) is 0 Å². The van der Waals surface area contributed by atoms with Crippen LogP contribution in [0.3, 0.4) is 0 Å².